The molecule has 1 unspecified atom stereocenters. The second-order valence-corrected chi connectivity index (χ2v) is 16.9. The number of quaternary nitrogens is 1. The van der Waals surface area contributed by atoms with Crippen molar-refractivity contribution >= 4 is 56.1 Å². The van der Waals surface area contributed by atoms with E-state index in [1.165, 1.54) is 55.1 Å². The molecule has 17 nitrogen and oxygen atoms in total. The highest BCUT2D eigenvalue weighted by atomic mass is 32.3. The lowest BCUT2D eigenvalue weighted by Crippen LogP contribution is -2.62. The smallest absolute Gasteiger partial charge is 0.430 e. The number of amides is 4. The number of halogens is 3. The van der Waals surface area contributed by atoms with E-state index in [0.717, 1.165) is 35.4 Å². The minimum Gasteiger partial charge on any atom is -0.542 e. The SMILES string of the molecule is CC(=O)Nc1nc(C)c(S(=O)(=O)Oc2ccc(NC(=O)N(C(=O)[C@@H](N)Cc3ccc(O)cc3)[C@H]3CCC[N+](C)(Cc4ccc5c(c4)OCO5)C3)cc2)s1.O=C([O-])C(F)(F)F. The predicted octanol–water partition coefficient (Wildman–Crippen LogP) is 3.65. The van der Waals surface area contributed by atoms with Crippen molar-refractivity contribution in [2.24, 2.45) is 5.73 Å². The molecule has 60 heavy (non-hydrogen) atoms. The lowest BCUT2D eigenvalue weighted by atomic mass is 9.98. The zero-order valence-electron chi connectivity index (χ0n) is 32.4. The van der Waals surface area contributed by atoms with Crippen LogP contribution in [0, 0.1) is 6.92 Å². The molecule has 4 amide bonds. The van der Waals surface area contributed by atoms with E-state index in [4.69, 9.17) is 29.3 Å². The predicted molar refractivity (Wildman–Crippen MR) is 207 cm³/mol. The summed E-state index contributed by atoms with van der Waals surface area (Å²) < 4.78 is 74.4. The number of likely N-dealkylation sites (N-methyl/N-ethyl adjacent to an activating group) is 1. The van der Waals surface area contributed by atoms with Gasteiger partial charge in [-0.25, -0.2) is 9.78 Å². The molecule has 3 heterocycles. The van der Waals surface area contributed by atoms with Gasteiger partial charge in [0.15, 0.2) is 20.8 Å². The number of carboxylic acid groups (broad SMARTS) is 1. The van der Waals surface area contributed by atoms with E-state index >= 15 is 0 Å². The Hall–Kier alpha value is -5.97. The van der Waals surface area contributed by atoms with Gasteiger partial charge in [0.2, 0.25) is 18.6 Å². The third-order valence-electron chi connectivity index (χ3n) is 9.23. The summed E-state index contributed by atoms with van der Waals surface area (Å²) in [6.45, 7) is 4.89. The van der Waals surface area contributed by atoms with Crippen molar-refractivity contribution in [1.29, 1.82) is 0 Å². The van der Waals surface area contributed by atoms with E-state index in [9.17, 15) is 41.1 Å². The number of aliphatic carboxylic acids is 1. The van der Waals surface area contributed by atoms with Crippen molar-refractivity contribution in [2.75, 3.05) is 37.6 Å². The largest absolute Gasteiger partial charge is 0.542 e. The Labute approximate surface area is 346 Å². The van der Waals surface area contributed by atoms with Gasteiger partial charge in [0.25, 0.3) is 0 Å². The number of anilines is 2. The van der Waals surface area contributed by atoms with Crippen LogP contribution >= 0.6 is 11.3 Å². The number of phenols is 1. The molecule has 6 rings (SSSR count). The number of hydrogen-bond donors (Lipinski definition) is 4. The first-order valence-electron chi connectivity index (χ1n) is 18.1. The van der Waals surface area contributed by atoms with Crippen LogP contribution in [0.4, 0.5) is 28.8 Å². The van der Waals surface area contributed by atoms with Crippen LogP contribution in [0.5, 0.6) is 23.0 Å². The summed E-state index contributed by atoms with van der Waals surface area (Å²) >= 11 is 0.769. The third kappa shape index (κ3) is 11.8. The number of nitrogens with zero attached hydrogens (tertiary/aromatic N) is 3. The standard InChI is InChI=1S/C36H40N6O9S2.C2HF3O2/c1-22-34(52-35(38-22)39-23(2)43)53(47,48)51-29-13-9-26(10-14-29)40-36(46)41(33(45)30(37)17-24-6-11-28(44)12-7-24)27-5-4-16-42(3,20-27)19-25-8-15-31-32(18-25)50-21-49-31;3-2(4,5)1(6)7/h6-15,18,27,30H,4-5,16-17,19-21,37H2,1-3H3,(H2-,38,39,40,43,44,46);(H,6,7)/t27-,30-,42?;/m0./s1. The number of aryl methyl sites for hydroxylation is 1. The Morgan fingerprint density at radius 2 is 1.68 bits per heavy atom. The molecule has 3 aromatic carbocycles. The number of benzene rings is 3. The first kappa shape index (κ1) is 45.1. The fraction of sp³-hybridized carbons (Fsp3) is 0.342. The van der Waals surface area contributed by atoms with Gasteiger partial charge in [-0.2, -0.15) is 21.6 Å². The van der Waals surface area contributed by atoms with Crippen molar-refractivity contribution in [3.05, 3.63) is 83.6 Å². The summed E-state index contributed by atoms with van der Waals surface area (Å²) in [6, 6.07) is 15.7. The Morgan fingerprint density at radius 3 is 2.32 bits per heavy atom. The average molecular weight is 879 g/mol. The van der Waals surface area contributed by atoms with Crippen LogP contribution in [0.3, 0.4) is 0 Å². The van der Waals surface area contributed by atoms with Gasteiger partial charge in [-0.1, -0.05) is 23.5 Å². The monoisotopic (exact) mass is 878 g/mol. The number of ether oxygens (including phenoxy) is 2. The van der Waals surface area contributed by atoms with Gasteiger partial charge >= 0.3 is 22.3 Å². The maximum Gasteiger partial charge on any atom is 0.430 e. The van der Waals surface area contributed by atoms with Gasteiger partial charge < -0.3 is 49.5 Å². The molecule has 5 N–H and O–H groups in total. The number of carboxylic acids is 1. The zero-order valence-corrected chi connectivity index (χ0v) is 34.0. The number of piperidine rings is 1. The number of fused-ring (bicyclic) bond motifs is 1. The lowest BCUT2D eigenvalue weighted by molar-refractivity contribution is -0.928. The molecule has 2 aliphatic heterocycles. The van der Waals surface area contributed by atoms with Crippen LogP contribution in [0.15, 0.2) is 70.9 Å². The number of hydrogen-bond acceptors (Lipinski definition) is 14. The van der Waals surface area contributed by atoms with Crippen molar-refractivity contribution in [1.82, 2.24) is 9.88 Å². The number of thiazole rings is 1. The Bertz CT molecular complexity index is 2330. The van der Waals surface area contributed by atoms with Crippen LogP contribution in [-0.2, 0) is 37.5 Å². The molecule has 1 aromatic heterocycles. The summed E-state index contributed by atoms with van der Waals surface area (Å²) in [5.41, 5.74) is 8.69. The number of rotatable bonds is 11. The van der Waals surface area contributed by atoms with Gasteiger partial charge in [-0.05, 0) is 86.3 Å². The maximum atomic E-state index is 14.1. The molecule has 0 spiro atoms. The number of alkyl halides is 3. The number of carbonyl (C=O) groups is 4. The topological polar surface area (TPSA) is 240 Å². The highest BCUT2D eigenvalue weighted by Crippen LogP contribution is 2.35. The summed E-state index contributed by atoms with van der Waals surface area (Å²) in [4.78, 5) is 53.7. The molecule has 1 saturated heterocycles. The number of nitrogens with one attached hydrogen (secondary N) is 2. The van der Waals surface area contributed by atoms with Crippen molar-refractivity contribution in [2.45, 2.75) is 62.1 Å². The average Bonchev–Trinajstić information content (AvgIpc) is 3.78. The van der Waals surface area contributed by atoms with Crippen molar-refractivity contribution < 1.29 is 69.1 Å². The molecule has 0 bridgehead atoms. The second kappa shape index (κ2) is 18.5. The third-order valence-corrected chi connectivity index (χ3v) is 12.1. The number of aromatic hydroxyl groups is 1. The molecule has 2 aliphatic rings. The summed E-state index contributed by atoms with van der Waals surface area (Å²) in [5.74, 6) is -2.52. The highest BCUT2D eigenvalue weighted by molar-refractivity contribution is 7.89. The quantitative estimate of drug-likeness (QED) is 0.125. The first-order valence-corrected chi connectivity index (χ1v) is 20.3. The molecule has 0 aliphatic carbocycles. The fourth-order valence-corrected chi connectivity index (χ4v) is 8.93. The highest BCUT2D eigenvalue weighted by Gasteiger charge is 2.41. The Balaban J connectivity index is 0.000000896. The van der Waals surface area contributed by atoms with Gasteiger partial charge in [0, 0.05) is 18.2 Å². The number of aromatic nitrogens is 1. The molecule has 322 valence electrons. The van der Waals surface area contributed by atoms with E-state index in [0.29, 0.717) is 41.2 Å². The Morgan fingerprint density at radius 1 is 1.05 bits per heavy atom. The summed E-state index contributed by atoms with van der Waals surface area (Å²) in [7, 11) is -2.19. The molecule has 22 heteroatoms. The summed E-state index contributed by atoms with van der Waals surface area (Å²) in [6.07, 6.45) is -3.72. The number of urea groups is 1. The van der Waals surface area contributed by atoms with Crippen LogP contribution in [-0.4, -0.2) is 96.9 Å². The van der Waals surface area contributed by atoms with E-state index in [1.54, 1.807) is 12.1 Å². The summed E-state index contributed by atoms with van der Waals surface area (Å²) in [5, 5.41) is 23.9. The molecule has 4 aromatic rings. The van der Waals surface area contributed by atoms with Gasteiger partial charge in [-0.15, -0.1) is 0 Å². The Kier molecular flexibility index (Phi) is 13.9. The first-order chi connectivity index (χ1) is 28.1. The number of phenolic OH excluding ortho intramolecular Hbond substituents is 1. The number of carbonyl (C=O) groups excluding carboxylic acids is 4. The number of likely N-dealkylation sites (tertiary alicyclic amines) is 1. The molecule has 0 saturated carbocycles. The maximum absolute atomic E-state index is 14.1. The van der Waals surface area contributed by atoms with Crippen LogP contribution in [0.2, 0.25) is 0 Å². The second-order valence-electron chi connectivity index (χ2n) is 14.2. The van der Waals surface area contributed by atoms with Crippen molar-refractivity contribution in [3.63, 3.8) is 0 Å². The molecular formula is C38H41F3N6O11S2. The van der Waals surface area contributed by atoms with Crippen LogP contribution in [0.1, 0.15) is 36.6 Å². The lowest BCUT2D eigenvalue weighted by Gasteiger charge is -2.44. The van der Waals surface area contributed by atoms with Gasteiger partial charge in [0.1, 0.15) is 30.6 Å². The minimum absolute atomic E-state index is 0.0235. The van der Waals surface area contributed by atoms with Gasteiger partial charge in [0.05, 0.1) is 31.4 Å². The molecular weight excluding hydrogens is 838 g/mol. The van der Waals surface area contributed by atoms with E-state index in [-0.39, 0.29) is 39.7 Å². The number of nitrogens with two attached hydrogens (primary N) is 1. The van der Waals surface area contributed by atoms with Crippen molar-refractivity contribution in [3.8, 4) is 23.0 Å². The minimum atomic E-state index is -5.19. The van der Waals surface area contributed by atoms with Gasteiger partial charge in [-0.3, -0.25) is 14.5 Å². The van der Waals surface area contributed by atoms with E-state index in [1.807, 2.05) is 18.2 Å². The fourth-order valence-electron chi connectivity index (χ4n) is 6.59. The number of imide groups is 1. The van der Waals surface area contributed by atoms with Crippen LogP contribution in [0.25, 0.3) is 0 Å². The molecule has 0 radical (unpaired) electrons. The van der Waals surface area contributed by atoms with E-state index in [2.05, 4.69) is 22.7 Å². The molecule has 3 atom stereocenters. The van der Waals surface area contributed by atoms with E-state index < -0.39 is 52.2 Å². The normalized spacial score (nSPS) is 17.7. The van der Waals surface area contributed by atoms with Crippen LogP contribution < -0.4 is 35.1 Å². The molecule has 1 fully saturated rings. The zero-order chi connectivity index (χ0) is 44.0.